The Morgan fingerprint density at radius 3 is 2.48 bits per heavy atom. The van der Waals surface area contributed by atoms with Gasteiger partial charge in [-0.25, -0.2) is 14.8 Å². The van der Waals surface area contributed by atoms with Gasteiger partial charge in [0.25, 0.3) is 0 Å². The van der Waals surface area contributed by atoms with Crippen molar-refractivity contribution in [2.75, 3.05) is 30.7 Å². The van der Waals surface area contributed by atoms with Gasteiger partial charge in [0.1, 0.15) is 5.82 Å². The summed E-state index contributed by atoms with van der Waals surface area (Å²) >= 11 is 0. The molecule has 0 bridgehead atoms. The molecular weight excluding hydrogens is 340 g/mol. The second kappa shape index (κ2) is 5.74. The summed E-state index contributed by atoms with van der Waals surface area (Å²) in [5.41, 5.74) is 1.30. The van der Waals surface area contributed by atoms with Crippen LogP contribution in [0.5, 0.6) is 0 Å². The molecule has 1 saturated carbocycles. The van der Waals surface area contributed by atoms with Crippen molar-refractivity contribution >= 4 is 27.8 Å². The van der Waals surface area contributed by atoms with E-state index in [0.29, 0.717) is 12.4 Å². The zero-order chi connectivity index (χ0) is 18.6. The Kier molecular flexibility index (Phi) is 4.19. The summed E-state index contributed by atoms with van der Waals surface area (Å²) in [7, 11) is -1.05. The number of ether oxygens (including phenoxy) is 1. The van der Waals surface area contributed by atoms with Crippen molar-refractivity contribution in [2.24, 2.45) is 0 Å². The number of fused-ring (bicyclic) bond motifs is 1. The molecule has 0 saturated heterocycles. The van der Waals surface area contributed by atoms with Gasteiger partial charge in [-0.05, 0) is 52.4 Å². The van der Waals surface area contributed by atoms with E-state index in [1.807, 2.05) is 13.8 Å². The summed E-state index contributed by atoms with van der Waals surface area (Å²) < 4.78 is 6.03. The van der Waals surface area contributed by atoms with Crippen molar-refractivity contribution in [1.82, 2.24) is 15.1 Å². The molecule has 1 aliphatic heterocycles. The number of hydrogen-bond donors (Lipinski definition) is 2. The smallest absolute Gasteiger partial charge is 0.436 e. The van der Waals surface area contributed by atoms with Crippen molar-refractivity contribution in [3.63, 3.8) is 0 Å². The van der Waals surface area contributed by atoms with E-state index in [0.717, 1.165) is 24.1 Å². The van der Waals surface area contributed by atoms with E-state index in [-0.39, 0.29) is 22.8 Å². The van der Waals surface area contributed by atoms with Crippen LogP contribution in [0.3, 0.4) is 0 Å². The number of nitrogens with one attached hydrogen (secondary N) is 2. The van der Waals surface area contributed by atoms with Crippen LogP contribution in [0.15, 0.2) is 0 Å². The molecule has 7 nitrogen and oxygen atoms in total. The van der Waals surface area contributed by atoms with E-state index in [9.17, 15) is 9.59 Å². The molecule has 3 rings (SSSR count). The Morgan fingerprint density at radius 2 is 1.96 bits per heavy atom. The molecule has 0 atom stereocenters. The zero-order valence-electron chi connectivity index (χ0n) is 15.9. The standard InChI is InChI=1S/C17H28N4O3S/c1-7-24-15(23)21-13(11-10-18-16(2,3)12(11)20-21)19-14(22)17(8-9-17)25(4,5)6/h18H,7-10H2,1-6H3,(H,19,22). The number of rotatable bonds is 4. The van der Waals surface area contributed by atoms with Crippen LogP contribution in [0.1, 0.15) is 44.9 Å². The van der Waals surface area contributed by atoms with Gasteiger partial charge in [-0.15, -0.1) is 4.68 Å². The lowest BCUT2D eigenvalue weighted by molar-refractivity contribution is -0.116. The molecule has 1 fully saturated rings. The number of aromatic nitrogens is 2. The molecule has 1 amide bonds. The van der Waals surface area contributed by atoms with Crippen molar-refractivity contribution in [1.29, 1.82) is 0 Å². The summed E-state index contributed by atoms with van der Waals surface area (Å²) in [5.74, 6) is 0.444. The Hall–Kier alpha value is -1.54. The first-order valence-electron chi connectivity index (χ1n) is 8.57. The molecule has 2 N–H and O–H groups in total. The van der Waals surface area contributed by atoms with Crippen LogP contribution in [-0.2, 0) is 21.6 Å². The van der Waals surface area contributed by atoms with Gasteiger partial charge in [-0.1, -0.05) is 0 Å². The number of anilines is 1. The van der Waals surface area contributed by atoms with E-state index >= 15 is 0 Å². The normalized spacial score (nSPS) is 20.7. The highest BCUT2D eigenvalue weighted by Crippen LogP contribution is 2.64. The maximum Gasteiger partial charge on any atom is 0.436 e. The van der Waals surface area contributed by atoms with Crippen LogP contribution < -0.4 is 10.6 Å². The molecule has 8 heteroatoms. The first-order chi connectivity index (χ1) is 11.5. The quantitative estimate of drug-likeness (QED) is 0.852. The van der Waals surface area contributed by atoms with Crippen LogP contribution in [0.25, 0.3) is 0 Å². The Morgan fingerprint density at radius 1 is 1.32 bits per heavy atom. The lowest BCUT2D eigenvalue weighted by atomic mass is 10.0. The number of carbonyl (C=O) groups is 2. The summed E-state index contributed by atoms with van der Waals surface area (Å²) in [6, 6.07) is 0. The molecule has 0 unspecified atom stereocenters. The molecule has 2 aliphatic rings. The van der Waals surface area contributed by atoms with Gasteiger partial charge in [0, 0.05) is 12.1 Å². The summed E-state index contributed by atoms with van der Waals surface area (Å²) in [6.45, 7) is 6.59. The molecule has 0 spiro atoms. The minimum Gasteiger partial charge on any atom is -0.448 e. The van der Waals surface area contributed by atoms with Gasteiger partial charge in [0.2, 0.25) is 5.91 Å². The topological polar surface area (TPSA) is 85.2 Å². The fraction of sp³-hybridized carbons (Fsp3) is 0.706. The SMILES string of the molecule is CCOC(=O)n1nc2c(c1NC(=O)C1(S(C)(C)C)CC1)CNC2(C)C. The van der Waals surface area contributed by atoms with E-state index in [1.54, 1.807) is 6.92 Å². The van der Waals surface area contributed by atoms with Crippen LogP contribution >= 0.6 is 10.0 Å². The predicted octanol–water partition coefficient (Wildman–Crippen LogP) is 2.39. The van der Waals surface area contributed by atoms with Crippen LogP contribution in [-0.4, -0.2) is 51.9 Å². The first kappa shape index (κ1) is 18.3. The van der Waals surface area contributed by atoms with Crippen LogP contribution in [0.2, 0.25) is 0 Å². The molecule has 2 heterocycles. The highest BCUT2D eigenvalue weighted by Gasteiger charge is 2.56. The summed E-state index contributed by atoms with van der Waals surface area (Å²) in [6.07, 6.45) is 7.73. The molecule has 1 aromatic rings. The molecule has 0 radical (unpaired) electrons. The molecule has 25 heavy (non-hydrogen) atoms. The first-order valence-corrected chi connectivity index (χ1v) is 11.4. The monoisotopic (exact) mass is 368 g/mol. The average molecular weight is 369 g/mol. The van der Waals surface area contributed by atoms with Crippen molar-refractivity contribution in [3.05, 3.63) is 11.3 Å². The van der Waals surface area contributed by atoms with Gasteiger partial charge in [-0.2, -0.15) is 5.10 Å². The second-order valence-electron chi connectivity index (χ2n) is 8.05. The third kappa shape index (κ3) is 2.85. The highest BCUT2D eigenvalue weighted by atomic mass is 32.3. The van der Waals surface area contributed by atoms with Gasteiger partial charge in [0.15, 0.2) is 0 Å². The maximum absolute atomic E-state index is 13.0. The number of carbonyl (C=O) groups excluding carboxylic acids is 2. The third-order valence-corrected chi connectivity index (χ3v) is 8.18. The highest BCUT2D eigenvalue weighted by molar-refractivity contribution is 8.34. The third-order valence-electron chi connectivity index (χ3n) is 5.25. The largest absolute Gasteiger partial charge is 0.448 e. The number of amides is 1. The van der Waals surface area contributed by atoms with Gasteiger partial charge >= 0.3 is 6.09 Å². The maximum atomic E-state index is 13.0. The van der Waals surface area contributed by atoms with E-state index in [4.69, 9.17) is 4.74 Å². The minimum absolute atomic E-state index is 0.00652. The Bertz CT molecular complexity index is 729. The van der Waals surface area contributed by atoms with Crippen molar-refractivity contribution in [2.45, 2.75) is 50.4 Å². The Labute approximate surface area is 150 Å². The number of nitrogens with zero attached hydrogens (tertiary/aromatic N) is 2. The van der Waals surface area contributed by atoms with E-state index < -0.39 is 16.1 Å². The molecule has 1 aromatic heterocycles. The number of hydrogen-bond acceptors (Lipinski definition) is 5. The second-order valence-corrected chi connectivity index (χ2v) is 12.5. The minimum atomic E-state index is -1.05. The van der Waals surface area contributed by atoms with Gasteiger partial charge in [-0.3, -0.25) is 4.79 Å². The lowest BCUT2D eigenvalue weighted by Gasteiger charge is -2.35. The molecule has 140 valence electrons. The molecule has 1 aliphatic carbocycles. The molecular formula is C17H28N4O3S. The summed E-state index contributed by atoms with van der Waals surface area (Å²) in [4.78, 5) is 25.4. The zero-order valence-corrected chi connectivity index (χ0v) is 16.7. The lowest BCUT2D eigenvalue weighted by Crippen LogP contribution is -2.35. The Balaban J connectivity index is 1.98. The predicted molar refractivity (Wildman–Crippen MR) is 100 cm³/mol. The van der Waals surface area contributed by atoms with Gasteiger partial charge in [0.05, 0.1) is 22.6 Å². The van der Waals surface area contributed by atoms with Crippen LogP contribution in [0, 0.1) is 0 Å². The van der Waals surface area contributed by atoms with E-state index in [2.05, 4.69) is 34.5 Å². The fourth-order valence-electron chi connectivity index (χ4n) is 3.41. The fourth-order valence-corrected chi connectivity index (χ4v) is 5.34. The van der Waals surface area contributed by atoms with Crippen molar-refractivity contribution in [3.8, 4) is 0 Å². The van der Waals surface area contributed by atoms with Crippen LogP contribution in [0.4, 0.5) is 10.6 Å². The average Bonchev–Trinajstić information content (AvgIpc) is 3.17. The van der Waals surface area contributed by atoms with Crippen molar-refractivity contribution < 1.29 is 14.3 Å². The van der Waals surface area contributed by atoms with E-state index in [1.165, 1.54) is 4.68 Å². The van der Waals surface area contributed by atoms with Gasteiger partial charge < -0.3 is 15.4 Å². The molecule has 0 aromatic carbocycles. The summed E-state index contributed by atoms with van der Waals surface area (Å²) in [5, 5.41) is 10.8.